The summed E-state index contributed by atoms with van der Waals surface area (Å²) in [5.41, 5.74) is 4.83. The van der Waals surface area contributed by atoms with Crippen LogP contribution in [0, 0.1) is 25.7 Å². The maximum absolute atomic E-state index is 13.8. The van der Waals surface area contributed by atoms with Gasteiger partial charge in [-0.15, -0.1) is 0 Å². The number of hydrogen-bond acceptors (Lipinski definition) is 2. The van der Waals surface area contributed by atoms with Crippen molar-refractivity contribution in [1.82, 2.24) is 0 Å². The van der Waals surface area contributed by atoms with Gasteiger partial charge in [-0.1, -0.05) is 84.9 Å². The van der Waals surface area contributed by atoms with E-state index in [1.54, 1.807) is 0 Å². The molecule has 0 unspecified atom stereocenters. The highest BCUT2D eigenvalue weighted by Crippen LogP contribution is 2.50. The predicted molar refractivity (Wildman–Crippen MR) is 123 cm³/mol. The molecule has 3 aromatic carbocycles. The van der Waals surface area contributed by atoms with Crippen LogP contribution in [0.5, 0.6) is 0 Å². The second-order valence-corrected chi connectivity index (χ2v) is 8.61. The summed E-state index contributed by atoms with van der Waals surface area (Å²) in [5.74, 6) is -1.24. The predicted octanol–water partition coefficient (Wildman–Crippen LogP) is 5.55. The molecule has 3 nitrogen and oxygen atoms in total. The van der Waals surface area contributed by atoms with Crippen molar-refractivity contribution in [1.29, 1.82) is 0 Å². The zero-order chi connectivity index (χ0) is 21.5. The third-order valence-corrected chi connectivity index (χ3v) is 6.67. The van der Waals surface area contributed by atoms with Crippen molar-refractivity contribution in [2.24, 2.45) is 11.8 Å². The van der Waals surface area contributed by atoms with E-state index in [0.717, 1.165) is 22.3 Å². The molecule has 1 aliphatic carbocycles. The Balaban J connectivity index is 1.65. The number of rotatable bonds is 3. The Kier molecular flexibility index (Phi) is 4.82. The maximum atomic E-state index is 13.8. The number of anilines is 1. The van der Waals surface area contributed by atoms with Crippen LogP contribution in [-0.2, 0) is 9.59 Å². The summed E-state index contributed by atoms with van der Waals surface area (Å²) in [5, 5.41) is 0. The SMILES string of the molecule is Cc1ccc(C)c(N2C(=O)[C@@H]3[C@@H](C2=O)[C@@H](c2ccccc2)C=C[C@@H]3c2ccccc2)c1. The van der Waals surface area contributed by atoms with E-state index in [2.05, 4.69) is 12.2 Å². The van der Waals surface area contributed by atoms with Gasteiger partial charge in [0.15, 0.2) is 0 Å². The molecule has 0 aromatic heterocycles. The second kappa shape index (κ2) is 7.66. The second-order valence-electron chi connectivity index (χ2n) is 8.61. The number of imide groups is 1. The van der Waals surface area contributed by atoms with Crippen LogP contribution in [-0.4, -0.2) is 11.8 Å². The normalized spacial score (nSPS) is 25.0. The van der Waals surface area contributed by atoms with Gasteiger partial charge in [0.1, 0.15) is 0 Å². The lowest BCUT2D eigenvalue weighted by atomic mass is 9.68. The molecule has 2 aliphatic rings. The molecule has 31 heavy (non-hydrogen) atoms. The summed E-state index contributed by atoms with van der Waals surface area (Å²) >= 11 is 0. The zero-order valence-corrected chi connectivity index (χ0v) is 17.7. The quantitative estimate of drug-likeness (QED) is 0.422. The van der Waals surface area contributed by atoms with Gasteiger partial charge in [-0.2, -0.15) is 0 Å². The topological polar surface area (TPSA) is 37.4 Å². The smallest absolute Gasteiger partial charge is 0.238 e. The molecule has 4 atom stereocenters. The van der Waals surface area contributed by atoms with Crippen LogP contribution in [0.4, 0.5) is 5.69 Å². The molecule has 0 spiro atoms. The first-order valence-electron chi connectivity index (χ1n) is 10.8. The van der Waals surface area contributed by atoms with Crippen LogP contribution >= 0.6 is 0 Å². The Bertz CT molecular complexity index is 1100. The van der Waals surface area contributed by atoms with E-state index in [1.807, 2.05) is 92.7 Å². The number of fused-ring (bicyclic) bond motifs is 1. The van der Waals surface area contributed by atoms with Crippen LogP contribution in [0.15, 0.2) is 91.0 Å². The van der Waals surface area contributed by atoms with Crippen LogP contribution < -0.4 is 4.90 Å². The molecule has 0 N–H and O–H groups in total. The number of carbonyl (C=O) groups excluding carboxylic acids is 2. The summed E-state index contributed by atoms with van der Waals surface area (Å²) in [6.07, 6.45) is 4.26. The minimum atomic E-state index is -0.412. The van der Waals surface area contributed by atoms with E-state index in [9.17, 15) is 9.59 Å². The van der Waals surface area contributed by atoms with Gasteiger partial charge in [-0.25, -0.2) is 4.90 Å². The van der Waals surface area contributed by atoms with E-state index >= 15 is 0 Å². The molecular formula is C28H25NO2. The van der Waals surface area contributed by atoms with Crippen LogP contribution in [0.25, 0.3) is 0 Å². The molecule has 3 heteroatoms. The molecule has 0 radical (unpaired) electrons. The van der Waals surface area contributed by atoms with Gasteiger partial charge in [0.25, 0.3) is 0 Å². The van der Waals surface area contributed by atoms with Crippen molar-refractivity contribution < 1.29 is 9.59 Å². The van der Waals surface area contributed by atoms with Gasteiger partial charge >= 0.3 is 0 Å². The van der Waals surface area contributed by atoms with Gasteiger partial charge in [-0.3, -0.25) is 9.59 Å². The fourth-order valence-corrected chi connectivity index (χ4v) is 5.13. The average molecular weight is 408 g/mol. The summed E-state index contributed by atoms with van der Waals surface area (Å²) in [4.78, 5) is 29.1. The van der Waals surface area contributed by atoms with Gasteiger partial charge in [0, 0.05) is 11.8 Å². The standard InChI is InChI=1S/C28H25NO2/c1-18-13-14-19(2)24(17-18)29-27(30)25-22(20-9-5-3-6-10-20)15-16-23(26(25)28(29)31)21-11-7-4-8-12-21/h3-17,22-23,25-26H,1-2H3/t22-,23-,25+,26+/m1/s1. The molecular weight excluding hydrogens is 382 g/mol. The summed E-state index contributed by atoms with van der Waals surface area (Å²) in [7, 11) is 0. The Morgan fingerprint density at radius 1 is 0.645 bits per heavy atom. The van der Waals surface area contributed by atoms with E-state index in [-0.39, 0.29) is 23.7 Å². The van der Waals surface area contributed by atoms with Crippen molar-refractivity contribution >= 4 is 17.5 Å². The fraction of sp³-hybridized carbons (Fsp3) is 0.214. The van der Waals surface area contributed by atoms with Crippen molar-refractivity contribution in [3.63, 3.8) is 0 Å². The van der Waals surface area contributed by atoms with Gasteiger partial charge < -0.3 is 0 Å². The highest BCUT2D eigenvalue weighted by atomic mass is 16.2. The lowest BCUT2D eigenvalue weighted by molar-refractivity contribution is -0.122. The number of aryl methyl sites for hydroxylation is 2. The van der Waals surface area contributed by atoms with Crippen molar-refractivity contribution in [3.05, 3.63) is 113 Å². The molecule has 3 aromatic rings. The molecule has 5 rings (SSSR count). The monoisotopic (exact) mass is 407 g/mol. The Hall–Kier alpha value is -3.46. The molecule has 2 amide bonds. The molecule has 1 heterocycles. The van der Waals surface area contributed by atoms with E-state index in [0.29, 0.717) is 5.69 Å². The summed E-state index contributed by atoms with van der Waals surface area (Å²) < 4.78 is 0. The lowest BCUT2D eigenvalue weighted by Crippen LogP contribution is -2.32. The third-order valence-electron chi connectivity index (χ3n) is 6.67. The number of hydrogen-bond donors (Lipinski definition) is 0. The maximum Gasteiger partial charge on any atom is 0.238 e. The molecule has 1 saturated heterocycles. The van der Waals surface area contributed by atoms with Gasteiger partial charge in [0.2, 0.25) is 11.8 Å². The highest BCUT2D eigenvalue weighted by molar-refractivity contribution is 6.23. The lowest BCUT2D eigenvalue weighted by Gasteiger charge is -2.32. The van der Waals surface area contributed by atoms with Gasteiger partial charge in [-0.05, 0) is 42.2 Å². The number of carbonyl (C=O) groups is 2. The Morgan fingerprint density at radius 3 is 1.61 bits per heavy atom. The highest BCUT2D eigenvalue weighted by Gasteiger charge is 2.55. The van der Waals surface area contributed by atoms with Gasteiger partial charge in [0.05, 0.1) is 17.5 Å². The molecule has 0 saturated carbocycles. The molecule has 154 valence electrons. The Labute approximate surface area is 183 Å². The van der Waals surface area contributed by atoms with Crippen molar-refractivity contribution in [2.75, 3.05) is 4.90 Å². The van der Waals surface area contributed by atoms with E-state index < -0.39 is 11.8 Å². The average Bonchev–Trinajstić information content (AvgIpc) is 3.07. The fourth-order valence-electron chi connectivity index (χ4n) is 5.13. The van der Waals surface area contributed by atoms with Crippen LogP contribution in [0.2, 0.25) is 0 Å². The summed E-state index contributed by atoms with van der Waals surface area (Å²) in [6, 6.07) is 26.1. The third kappa shape index (κ3) is 3.21. The zero-order valence-electron chi connectivity index (χ0n) is 17.7. The largest absolute Gasteiger partial charge is 0.274 e. The number of allylic oxidation sites excluding steroid dienone is 2. The Morgan fingerprint density at radius 2 is 1.13 bits per heavy atom. The van der Waals surface area contributed by atoms with Crippen LogP contribution in [0.3, 0.4) is 0 Å². The van der Waals surface area contributed by atoms with Crippen molar-refractivity contribution in [2.45, 2.75) is 25.7 Å². The first-order valence-corrected chi connectivity index (χ1v) is 10.8. The first-order chi connectivity index (χ1) is 15.1. The number of benzene rings is 3. The molecule has 0 bridgehead atoms. The minimum absolute atomic E-state index is 0.0946. The summed E-state index contributed by atoms with van der Waals surface area (Å²) in [6.45, 7) is 3.95. The first kappa shape index (κ1) is 19.5. The van der Waals surface area contributed by atoms with E-state index in [1.165, 1.54) is 4.90 Å². The minimum Gasteiger partial charge on any atom is -0.274 e. The molecule has 1 aliphatic heterocycles. The van der Waals surface area contributed by atoms with E-state index in [4.69, 9.17) is 0 Å². The number of nitrogens with zero attached hydrogens (tertiary/aromatic N) is 1. The molecule has 1 fully saturated rings. The number of amides is 2. The van der Waals surface area contributed by atoms with Crippen molar-refractivity contribution in [3.8, 4) is 0 Å². The van der Waals surface area contributed by atoms with Crippen LogP contribution in [0.1, 0.15) is 34.1 Å².